The van der Waals surface area contributed by atoms with Crippen molar-refractivity contribution in [2.45, 2.75) is 56.7 Å². The molecule has 2 amide bonds. The van der Waals surface area contributed by atoms with Crippen molar-refractivity contribution in [3.8, 4) is 0 Å². The van der Waals surface area contributed by atoms with Gasteiger partial charge in [-0.25, -0.2) is 0 Å². The number of hydrogen-bond donors (Lipinski definition) is 2. The van der Waals surface area contributed by atoms with Gasteiger partial charge in [-0.15, -0.1) is 0 Å². The largest absolute Gasteiger partial charge is 0.326 e. The Morgan fingerprint density at radius 1 is 1.00 bits per heavy atom. The molecule has 5 rings (SSSR count). The highest BCUT2D eigenvalue weighted by molar-refractivity contribution is 9.10. The lowest BCUT2D eigenvalue weighted by molar-refractivity contribution is -0.138. The van der Waals surface area contributed by atoms with E-state index >= 15 is 0 Å². The standard InChI is InChI=1S/C21H27BrN2O2/c1-13(2)18(25)23-16-3-5-17(6-4-16)24-19(26)20-8-14-7-15(9-20)11-21(22,10-14)12-20/h3-6,13-15H,7-12H2,1-2H3,(H,23,25)(H,24,26). The average molecular weight is 419 g/mol. The van der Waals surface area contributed by atoms with Gasteiger partial charge in [-0.3, -0.25) is 9.59 Å². The molecule has 26 heavy (non-hydrogen) atoms. The van der Waals surface area contributed by atoms with Crippen molar-refractivity contribution < 1.29 is 9.59 Å². The van der Waals surface area contributed by atoms with Crippen LogP contribution in [-0.4, -0.2) is 16.1 Å². The molecule has 140 valence electrons. The van der Waals surface area contributed by atoms with Gasteiger partial charge in [0, 0.05) is 21.6 Å². The first kappa shape index (κ1) is 18.0. The molecule has 4 aliphatic rings. The monoisotopic (exact) mass is 418 g/mol. The lowest BCUT2D eigenvalue weighted by Gasteiger charge is -2.59. The Balaban J connectivity index is 1.44. The number of carbonyl (C=O) groups excluding carboxylic acids is 2. The molecule has 2 atom stereocenters. The second-order valence-electron chi connectivity index (χ2n) is 9.07. The topological polar surface area (TPSA) is 58.2 Å². The molecule has 0 aliphatic heterocycles. The minimum absolute atomic E-state index is 0.00188. The molecule has 4 aliphatic carbocycles. The number of nitrogens with one attached hydrogen (secondary N) is 2. The Morgan fingerprint density at radius 3 is 2.04 bits per heavy atom. The summed E-state index contributed by atoms with van der Waals surface area (Å²) in [6, 6.07) is 7.44. The summed E-state index contributed by atoms with van der Waals surface area (Å²) in [5.74, 6) is 1.50. The van der Waals surface area contributed by atoms with E-state index in [1.807, 2.05) is 38.1 Å². The van der Waals surface area contributed by atoms with Gasteiger partial charge in [-0.05, 0) is 74.6 Å². The predicted octanol–water partition coefficient (Wildman–Crippen LogP) is 4.95. The van der Waals surface area contributed by atoms with Crippen LogP contribution in [0.15, 0.2) is 24.3 Å². The van der Waals surface area contributed by atoms with Crippen molar-refractivity contribution in [2.24, 2.45) is 23.2 Å². The molecule has 0 radical (unpaired) electrons. The van der Waals surface area contributed by atoms with Crippen LogP contribution in [0.5, 0.6) is 0 Å². The van der Waals surface area contributed by atoms with E-state index in [4.69, 9.17) is 0 Å². The van der Waals surface area contributed by atoms with E-state index in [0.29, 0.717) is 11.8 Å². The van der Waals surface area contributed by atoms with Crippen LogP contribution in [0.25, 0.3) is 0 Å². The van der Waals surface area contributed by atoms with Gasteiger partial charge in [0.05, 0.1) is 5.41 Å². The summed E-state index contributed by atoms with van der Waals surface area (Å²) in [5, 5.41) is 6.02. The van der Waals surface area contributed by atoms with Gasteiger partial charge in [0.1, 0.15) is 0 Å². The Morgan fingerprint density at radius 2 is 1.54 bits per heavy atom. The molecule has 5 heteroatoms. The van der Waals surface area contributed by atoms with Crippen molar-refractivity contribution in [1.82, 2.24) is 0 Å². The zero-order chi connectivity index (χ0) is 18.5. The van der Waals surface area contributed by atoms with E-state index in [0.717, 1.165) is 30.6 Å². The first-order valence-corrected chi connectivity index (χ1v) is 10.5. The fourth-order valence-electron chi connectivity index (χ4n) is 5.60. The number of halogens is 1. The summed E-state index contributed by atoms with van der Waals surface area (Å²) in [6.45, 7) is 3.73. The Kier molecular flexibility index (Phi) is 4.41. The quantitative estimate of drug-likeness (QED) is 0.679. The van der Waals surface area contributed by atoms with E-state index in [-0.39, 0.29) is 27.5 Å². The second-order valence-corrected chi connectivity index (χ2v) is 10.7. The summed E-state index contributed by atoms with van der Waals surface area (Å²) >= 11 is 3.97. The maximum atomic E-state index is 13.2. The SMILES string of the molecule is CC(C)C(=O)Nc1ccc(NC(=O)C23CC4CC(CC(Br)(C4)C2)C3)cc1. The zero-order valence-electron chi connectivity index (χ0n) is 15.5. The van der Waals surface area contributed by atoms with Gasteiger partial charge in [-0.2, -0.15) is 0 Å². The maximum absolute atomic E-state index is 13.2. The molecule has 0 aromatic heterocycles. The third-order valence-corrected chi connectivity index (χ3v) is 7.33. The second kappa shape index (κ2) is 6.36. The Hall–Kier alpha value is -1.36. The van der Waals surface area contributed by atoms with E-state index in [1.54, 1.807) is 0 Å². The normalized spacial score (nSPS) is 34.8. The van der Waals surface area contributed by atoms with Crippen molar-refractivity contribution in [3.05, 3.63) is 24.3 Å². The minimum atomic E-state index is -0.210. The van der Waals surface area contributed by atoms with Crippen molar-refractivity contribution >= 4 is 39.1 Å². The zero-order valence-corrected chi connectivity index (χ0v) is 17.1. The summed E-state index contributed by atoms with van der Waals surface area (Å²) in [5.41, 5.74) is 1.35. The fourth-order valence-corrected chi connectivity index (χ4v) is 7.06. The molecule has 0 spiro atoms. The van der Waals surface area contributed by atoms with Gasteiger partial charge < -0.3 is 10.6 Å². The first-order chi connectivity index (χ1) is 12.3. The maximum Gasteiger partial charge on any atom is 0.230 e. The van der Waals surface area contributed by atoms with Crippen molar-refractivity contribution in [1.29, 1.82) is 0 Å². The highest BCUT2D eigenvalue weighted by Gasteiger charge is 2.59. The number of alkyl halides is 1. The number of anilines is 2. The molecule has 0 saturated heterocycles. The third-order valence-electron chi connectivity index (χ3n) is 6.41. The van der Waals surface area contributed by atoms with Gasteiger partial charge in [0.25, 0.3) is 0 Å². The summed E-state index contributed by atoms with van der Waals surface area (Å²) in [4.78, 5) is 24.9. The van der Waals surface area contributed by atoms with Gasteiger partial charge >= 0.3 is 0 Å². The highest BCUT2D eigenvalue weighted by Crippen LogP contribution is 2.64. The van der Waals surface area contributed by atoms with Crippen LogP contribution >= 0.6 is 15.9 Å². The average Bonchev–Trinajstić information content (AvgIpc) is 2.54. The number of benzene rings is 1. The lowest BCUT2D eigenvalue weighted by Crippen LogP contribution is -2.57. The number of carbonyl (C=O) groups is 2. The number of amides is 2. The molecule has 2 unspecified atom stereocenters. The van der Waals surface area contributed by atoms with Crippen LogP contribution in [0.2, 0.25) is 0 Å². The Labute approximate surface area is 163 Å². The molecular formula is C21H27BrN2O2. The molecule has 1 aromatic carbocycles. The highest BCUT2D eigenvalue weighted by atomic mass is 79.9. The van der Waals surface area contributed by atoms with Crippen LogP contribution in [0.1, 0.15) is 52.4 Å². The van der Waals surface area contributed by atoms with Crippen molar-refractivity contribution in [2.75, 3.05) is 10.6 Å². The van der Waals surface area contributed by atoms with E-state index < -0.39 is 0 Å². The summed E-state index contributed by atoms with van der Waals surface area (Å²) in [7, 11) is 0. The van der Waals surface area contributed by atoms with Crippen LogP contribution in [0.3, 0.4) is 0 Å². The fraction of sp³-hybridized carbons (Fsp3) is 0.619. The van der Waals surface area contributed by atoms with Gasteiger partial charge in [-0.1, -0.05) is 29.8 Å². The molecule has 1 aromatic rings. The first-order valence-electron chi connectivity index (χ1n) is 9.68. The summed E-state index contributed by atoms with van der Waals surface area (Å²) < 4.78 is 0.180. The predicted molar refractivity (Wildman–Crippen MR) is 107 cm³/mol. The number of rotatable bonds is 4. The summed E-state index contributed by atoms with van der Waals surface area (Å²) in [6.07, 6.45) is 6.77. The lowest BCUT2D eigenvalue weighted by atomic mass is 9.49. The van der Waals surface area contributed by atoms with Gasteiger partial charge in [0.15, 0.2) is 0 Å². The molecular weight excluding hydrogens is 392 g/mol. The Bertz CT molecular complexity index is 714. The number of hydrogen-bond acceptors (Lipinski definition) is 2. The smallest absolute Gasteiger partial charge is 0.230 e. The van der Waals surface area contributed by atoms with Crippen molar-refractivity contribution in [3.63, 3.8) is 0 Å². The third kappa shape index (κ3) is 3.30. The van der Waals surface area contributed by atoms with Crippen LogP contribution in [0.4, 0.5) is 11.4 Å². The minimum Gasteiger partial charge on any atom is -0.326 e. The van der Waals surface area contributed by atoms with E-state index in [2.05, 4.69) is 26.6 Å². The molecule has 4 fully saturated rings. The van der Waals surface area contributed by atoms with E-state index in [9.17, 15) is 9.59 Å². The molecule has 0 heterocycles. The molecule has 2 N–H and O–H groups in total. The van der Waals surface area contributed by atoms with E-state index in [1.165, 1.54) is 19.3 Å². The van der Waals surface area contributed by atoms with Crippen LogP contribution in [0, 0.1) is 23.2 Å². The molecule has 4 bridgehead atoms. The van der Waals surface area contributed by atoms with Gasteiger partial charge in [0.2, 0.25) is 11.8 Å². The molecule has 4 nitrogen and oxygen atoms in total. The van der Waals surface area contributed by atoms with Crippen LogP contribution < -0.4 is 10.6 Å². The van der Waals surface area contributed by atoms with Crippen LogP contribution in [-0.2, 0) is 9.59 Å². The molecule has 4 saturated carbocycles.